The summed E-state index contributed by atoms with van der Waals surface area (Å²) in [6.45, 7) is -0.415. The van der Waals surface area contributed by atoms with Gasteiger partial charge in [0.25, 0.3) is 0 Å². The quantitative estimate of drug-likeness (QED) is 0.305. The molecule has 0 bridgehead atoms. The fourth-order valence-electron chi connectivity index (χ4n) is 1.08. The SMILES string of the molecule is OC[C@@H]1O[C@@H](S)[C@@H](O)[C@H](O)[C@H]1O. The van der Waals surface area contributed by atoms with Crippen molar-refractivity contribution in [3.05, 3.63) is 0 Å². The van der Waals surface area contributed by atoms with Crippen molar-refractivity contribution in [2.45, 2.75) is 29.9 Å². The van der Waals surface area contributed by atoms with Crippen molar-refractivity contribution in [1.82, 2.24) is 0 Å². The second-order valence-corrected chi connectivity index (χ2v) is 3.23. The Morgan fingerprint density at radius 2 is 1.67 bits per heavy atom. The summed E-state index contributed by atoms with van der Waals surface area (Å²) < 4.78 is 4.88. The molecule has 6 heteroatoms. The first-order valence-electron chi connectivity index (χ1n) is 3.56. The van der Waals surface area contributed by atoms with Gasteiger partial charge in [-0.05, 0) is 0 Å². The van der Waals surface area contributed by atoms with E-state index in [1.165, 1.54) is 0 Å². The summed E-state index contributed by atoms with van der Waals surface area (Å²) in [7, 11) is 0. The fourth-order valence-corrected chi connectivity index (χ4v) is 1.41. The zero-order valence-corrected chi connectivity index (χ0v) is 7.13. The van der Waals surface area contributed by atoms with Crippen LogP contribution >= 0.6 is 12.6 Å². The lowest BCUT2D eigenvalue weighted by molar-refractivity contribution is -0.205. The standard InChI is InChI=1S/C6H12O5S/c7-1-2-3(8)4(9)5(10)6(12)11-2/h2-10,12H,1H2/t2-,3-,4+,5-,6-/m0/s1. The summed E-state index contributed by atoms with van der Waals surface area (Å²) in [5.74, 6) is 0. The molecule has 4 N–H and O–H groups in total. The van der Waals surface area contributed by atoms with Gasteiger partial charge >= 0.3 is 0 Å². The van der Waals surface area contributed by atoms with Gasteiger partial charge in [0, 0.05) is 0 Å². The minimum Gasteiger partial charge on any atom is -0.394 e. The van der Waals surface area contributed by atoms with Crippen molar-refractivity contribution >= 4 is 12.6 Å². The molecule has 1 aliphatic rings. The second kappa shape index (κ2) is 3.91. The first kappa shape index (κ1) is 10.2. The average molecular weight is 196 g/mol. The number of aliphatic hydroxyl groups is 4. The normalized spacial score (nSPS) is 49.2. The van der Waals surface area contributed by atoms with Gasteiger partial charge in [0.2, 0.25) is 0 Å². The highest BCUT2D eigenvalue weighted by Crippen LogP contribution is 2.22. The maximum absolute atomic E-state index is 9.20. The van der Waals surface area contributed by atoms with Crippen molar-refractivity contribution < 1.29 is 25.2 Å². The molecule has 12 heavy (non-hydrogen) atoms. The molecule has 1 saturated heterocycles. The van der Waals surface area contributed by atoms with Gasteiger partial charge in [-0.3, -0.25) is 0 Å². The zero-order valence-electron chi connectivity index (χ0n) is 6.24. The lowest BCUT2D eigenvalue weighted by Crippen LogP contribution is -2.56. The van der Waals surface area contributed by atoms with E-state index in [-0.39, 0.29) is 0 Å². The molecular weight excluding hydrogens is 184 g/mol. The van der Waals surface area contributed by atoms with Crippen LogP contribution in [0.15, 0.2) is 0 Å². The lowest BCUT2D eigenvalue weighted by atomic mass is 10.0. The highest BCUT2D eigenvalue weighted by atomic mass is 32.1. The maximum atomic E-state index is 9.20. The number of ether oxygens (including phenoxy) is 1. The molecule has 0 aromatic carbocycles. The lowest BCUT2D eigenvalue weighted by Gasteiger charge is -2.37. The van der Waals surface area contributed by atoms with E-state index in [1.54, 1.807) is 0 Å². The number of thiol groups is 1. The van der Waals surface area contributed by atoms with Crippen molar-refractivity contribution in [3.8, 4) is 0 Å². The molecule has 0 radical (unpaired) electrons. The Labute approximate surface area is 75.0 Å². The van der Waals surface area contributed by atoms with E-state index in [9.17, 15) is 10.2 Å². The molecule has 1 rings (SSSR count). The van der Waals surface area contributed by atoms with E-state index in [0.717, 1.165) is 0 Å². The van der Waals surface area contributed by atoms with E-state index in [0.29, 0.717) is 0 Å². The molecule has 0 aromatic heterocycles. The molecule has 0 aliphatic carbocycles. The van der Waals surface area contributed by atoms with Gasteiger partial charge < -0.3 is 25.2 Å². The van der Waals surface area contributed by atoms with Gasteiger partial charge in [0.05, 0.1) is 6.61 Å². The van der Waals surface area contributed by atoms with Gasteiger partial charge in [-0.15, -0.1) is 12.6 Å². The Kier molecular flexibility index (Phi) is 3.33. The minimum absolute atomic E-state index is 0.415. The minimum atomic E-state index is -1.32. The van der Waals surface area contributed by atoms with Crippen LogP contribution in [-0.2, 0) is 4.74 Å². The molecule has 0 spiro atoms. The molecule has 0 amide bonds. The third-order valence-corrected chi connectivity index (χ3v) is 2.29. The number of aliphatic hydroxyl groups excluding tert-OH is 4. The highest BCUT2D eigenvalue weighted by Gasteiger charge is 2.41. The molecule has 5 nitrogen and oxygen atoms in total. The van der Waals surface area contributed by atoms with E-state index in [4.69, 9.17) is 14.9 Å². The number of hydrogen-bond donors (Lipinski definition) is 5. The van der Waals surface area contributed by atoms with E-state index < -0.39 is 36.5 Å². The first-order chi connectivity index (χ1) is 5.57. The molecule has 1 fully saturated rings. The Bertz CT molecular complexity index is 150. The molecule has 0 unspecified atom stereocenters. The van der Waals surface area contributed by atoms with Crippen molar-refractivity contribution in [1.29, 1.82) is 0 Å². The van der Waals surface area contributed by atoms with Gasteiger partial charge in [0.15, 0.2) is 0 Å². The molecule has 72 valence electrons. The number of hydrogen-bond acceptors (Lipinski definition) is 6. The van der Waals surface area contributed by atoms with Crippen LogP contribution in [0.2, 0.25) is 0 Å². The Morgan fingerprint density at radius 1 is 1.08 bits per heavy atom. The smallest absolute Gasteiger partial charge is 0.129 e. The molecule has 0 saturated carbocycles. The average Bonchev–Trinajstić information content (AvgIpc) is 2.08. The molecule has 5 atom stereocenters. The van der Waals surface area contributed by atoms with E-state index in [2.05, 4.69) is 12.6 Å². The van der Waals surface area contributed by atoms with Gasteiger partial charge in [-0.2, -0.15) is 0 Å². The number of rotatable bonds is 1. The van der Waals surface area contributed by atoms with Gasteiger partial charge in [-0.25, -0.2) is 0 Å². The Morgan fingerprint density at radius 3 is 2.17 bits per heavy atom. The second-order valence-electron chi connectivity index (χ2n) is 2.72. The topological polar surface area (TPSA) is 90.2 Å². The monoisotopic (exact) mass is 196 g/mol. The van der Waals surface area contributed by atoms with Crippen LogP contribution in [0.1, 0.15) is 0 Å². The third-order valence-electron chi connectivity index (χ3n) is 1.87. The highest BCUT2D eigenvalue weighted by molar-refractivity contribution is 7.80. The van der Waals surface area contributed by atoms with E-state index in [1.807, 2.05) is 0 Å². The van der Waals surface area contributed by atoms with Crippen LogP contribution in [-0.4, -0.2) is 56.9 Å². The van der Waals surface area contributed by atoms with Gasteiger partial charge in [0.1, 0.15) is 29.9 Å². The summed E-state index contributed by atoms with van der Waals surface area (Å²) in [5, 5.41) is 36.2. The van der Waals surface area contributed by atoms with Crippen LogP contribution < -0.4 is 0 Å². The maximum Gasteiger partial charge on any atom is 0.129 e. The van der Waals surface area contributed by atoms with Crippen LogP contribution in [0.4, 0.5) is 0 Å². The summed E-state index contributed by atoms with van der Waals surface area (Å²) >= 11 is 3.81. The van der Waals surface area contributed by atoms with Crippen molar-refractivity contribution in [3.63, 3.8) is 0 Å². The Balaban J connectivity index is 2.63. The van der Waals surface area contributed by atoms with Crippen LogP contribution in [0.3, 0.4) is 0 Å². The molecular formula is C6H12O5S. The van der Waals surface area contributed by atoms with Crippen LogP contribution in [0.5, 0.6) is 0 Å². The van der Waals surface area contributed by atoms with Crippen LogP contribution in [0, 0.1) is 0 Å². The third kappa shape index (κ3) is 1.73. The molecule has 1 heterocycles. The Hall–Kier alpha value is 0.150. The predicted octanol–water partition coefficient (Wildman–Crippen LogP) is -2.28. The van der Waals surface area contributed by atoms with Crippen molar-refractivity contribution in [2.24, 2.45) is 0 Å². The van der Waals surface area contributed by atoms with Gasteiger partial charge in [-0.1, -0.05) is 0 Å². The zero-order chi connectivity index (χ0) is 9.30. The largest absolute Gasteiger partial charge is 0.394 e. The summed E-state index contributed by atoms with van der Waals surface area (Å²) in [6, 6.07) is 0. The summed E-state index contributed by atoms with van der Waals surface area (Å²) in [5.41, 5.74) is -0.874. The molecule has 0 aromatic rings. The van der Waals surface area contributed by atoms with E-state index >= 15 is 0 Å². The van der Waals surface area contributed by atoms with Crippen LogP contribution in [0.25, 0.3) is 0 Å². The molecule has 1 aliphatic heterocycles. The predicted molar refractivity (Wildman–Crippen MR) is 42.8 cm³/mol. The summed E-state index contributed by atoms with van der Waals surface area (Å²) in [4.78, 5) is 0. The summed E-state index contributed by atoms with van der Waals surface area (Å²) in [6.07, 6.45) is -4.70. The fraction of sp³-hybridized carbons (Fsp3) is 1.00. The van der Waals surface area contributed by atoms with Crippen molar-refractivity contribution in [2.75, 3.05) is 6.61 Å². The first-order valence-corrected chi connectivity index (χ1v) is 4.08.